The van der Waals surface area contributed by atoms with Gasteiger partial charge in [0.1, 0.15) is 17.3 Å². The zero-order chi connectivity index (χ0) is 14.0. The Bertz CT molecular complexity index is 580. The van der Waals surface area contributed by atoms with Crippen LogP contribution in [0.3, 0.4) is 0 Å². The molecule has 0 aliphatic rings. The molecule has 1 unspecified atom stereocenters. The van der Waals surface area contributed by atoms with Crippen LogP contribution in [0.4, 0.5) is 4.39 Å². The molecule has 1 N–H and O–H groups in total. The summed E-state index contributed by atoms with van der Waals surface area (Å²) >= 11 is 6.00. The number of halogens is 2. The van der Waals surface area contributed by atoms with Crippen molar-refractivity contribution in [2.75, 3.05) is 7.05 Å². The van der Waals surface area contributed by atoms with Crippen LogP contribution in [0.1, 0.15) is 28.7 Å². The monoisotopic (exact) mass is 281 g/mol. The van der Waals surface area contributed by atoms with Crippen LogP contribution in [0.15, 0.2) is 28.7 Å². The van der Waals surface area contributed by atoms with E-state index in [0.717, 1.165) is 22.6 Å². The molecule has 2 nitrogen and oxygen atoms in total. The maximum Gasteiger partial charge on any atom is 0.142 e. The van der Waals surface area contributed by atoms with Crippen molar-refractivity contribution in [2.24, 2.45) is 0 Å². The third kappa shape index (κ3) is 2.99. The Hall–Kier alpha value is -1.32. The Kier molecular flexibility index (Phi) is 4.27. The summed E-state index contributed by atoms with van der Waals surface area (Å²) in [5.41, 5.74) is 1.87. The highest BCUT2D eigenvalue weighted by atomic mass is 35.5. The molecule has 1 atom stereocenters. The highest BCUT2D eigenvalue weighted by Gasteiger charge is 2.18. The maximum atomic E-state index is 13.4. The lowest BCUT2D eigenvalue weighted by Crippen LogP contribution is -2.19. The van der Waals surface area contributed by atoms with Crippen LogP contribution in [0.25, 0.3) is 0 Å². The van der Waals surface area contributed by atoms with Gasteiger partial charge < -0.3 is 9.73 Å². The fourth-order valence-corrected chi connectivity index (χ4v) is 2.49. The largest absolute Gasteiger partial charge is 0.466 e. The van der Waals surface area contributed by atoms with E-state index in [1.165, 1.54) is 6.07 Å². The van der Waals surface area contributed by atoms with Gasteiger partial charge in [-0.05, 0) is 45.0 Å². The first-order valence-electron chi connectivity index (χ1n) is 6.20. The zero-order valence-electron chi connectivity index (χ0n) is 11.3. The molecule has 0 radical (unpaired) electrons. The standard InChI is InChI=1S/C15H17ClFNO/c1-9-7-12(10(2)19-9)14(18-3)8-11-5-4-6-13(17)15(11)16/h4-7,14,18H,8H2,1-3H3. The fraction of sp³-hybridized carbons (Fsp3) is 0.333. The second-order valence-corrected chi connectivity index (χ2v) is 5.00. The lowest BCUT2D eigenvalue weighted by molar-refractivity contribution is 0.490. The molecule has 0 saturated carbocycles. The topological polar surface area (TPSA) is 25.2 Å². The molecule has 0 bridgehead atoms. The fourth-order valence-electron chi connectivity index (χ4n) is 2.29. The molecule has 0 fully saturated rings. The first-order chi connectivity index (χ1) is 9.02. The SMILES string of the molecule is CNC(Cc1cccc(F)c1Cl)c1cc(C)oc1C. The summed E-state index contributed by atoms with van der Waals surface area (Å²) in [6.45, 7) is 3.85. The average Bonchev–Trinajstić information content (AvgIpc) is 2.70. The number of nitrogens with one attached hydrogen (secondary N) is 1. The quantitative estimate of drug-likeness (QED) is 0.909. The molecule has 102 valence electrons. The van der Waals surface area contributed by atoms with Crippen LogP contribution in [-0.2, 0) is 6.42 Å². The molecule has 1 aromatic carbocycles. The lowest BCUT2D eigenvalue weighted by Gasteiger charge is -2.16. The van der Waals surface area contributed by atoms with Gasteiger partial charge in [-0.25, -0.2) is 4.39 Å². The Morgan fingerprint density at radius 3 is 2.68 bits per heavy atom. The van der Waals surface area contributed by atoms with Crippen LogP contribution in [0.2, 0.25) is 5.02 Å². The third-order valence-corrected chi connectivity index (χ3v) is 3.68. The van der Waals surface area contributed by atoms with Crippen molar-refractivity contribution in [1.29, 1.82) is 0 Å². The summed E-state index contributed by atoms with van der Waals surface area (Å²) in [6, 6.07) is 6.95. The van der Waals surface area contributed by atoms with Crippen molar-refractivity contribution < 1.29 is 8.81 Å². The number of rotatable bonds is 4. The molecule has 0 aliphatic carbocycles. The van der Waals surface area contributed by atoms with E-state index in [4.69, 9.17) is 16.0 Å². The van der Waals surface area contributed by atoms with Gasteiger partial charge in [-0.15, -0.1) is 0 Å². The zero-order valence-corrected chi connectivity index (χ0v) is 12.0. The number of furan rings is 1. The van der Waals surface area contributed by atoms with Crippen molar-refractivity contribution >= 4 is 11.6 Å². The summed E-state index contributed by atoms with van der Waals surface area (Å²) in [7, 11) is 1.87. The van der Waals surface area contributed by atoms with Gasteiger partial charge in [0.15, 0.2) is 0 Å². The predicted octanol–water partition coefficient (Wildman–Crippen LogP) is 4.19. The Balaban J connectivity index is 2.29. The Morgan fingerprint density at radius 2 is 2.11 bits per heavy atom. The van der Waals surface area contributed by atoms with E-state index in [9.17, 15) is 4.39 Å². The second-order valence-electron chi connectivity index (χ2n) is 4.63. The van der Waals surface area contributed by atoms with Crippen LogP contribution in [-0.4, -0.2) is 7.05 Å². The number of likely N-dealkylation sites (N-methyl/N-ethyl adjacent to an activating group) is 1. The molecule has 2 aromatic rings. The van der Waals surface area contributed by atoms with Crippen molar-refractivity contribution in [3.8, 4) is 0 Å². The van der Waals surface area contributed by atoms with E-state index in [1.807, 2.05) is 33.0 Å². The smallest absolute Gasteiger partial charge is 0.142 e. The summed E-state index contributed by atoms with van der Waals surface area (Å²) in [6.07, 6.45) is 0.618. The van der Waals surface area contributed by atoms with Gasteiger partial charge >= 0.3 is 0 Å². The molecule has 4 heteroatoms. The van der Waals surface area contributed by atoms with Gasteiger partial charge in [-0.2, -0.15) is 0 Å². The van der Waals surface area contributed by atoms with Gasteiger partial charge in [0.05, 0.1) is 5.02 Å². The van der Waals surface area contributed by atoms with E-state index >= 15 is 0 Å². The van der Waals surface area contributed by atoms with E-state index in [0.29, 0.717) is 6.42 Å². The van der Waals surface area contributed by atoms with Gasteiger partial charge in [0, 0.05) is 11.6 Å². The molecule has 2 rings (SSSR count). The molecule has 0 saturated heterocycles. The molecule has 0 spiro atoms. The lowest BCUT2D eigenvalue weighted by atomic mass is 9.99. The number of hydrogen-bond acceptors (Lipinski definition) is 2. The molecule has 1 heterocycles. The van der Waals surface area contributed by atoms with Gasteiger partial charge in [-0.3, -0.25) is 0 Å². The third-order valence-electron chi connectivity index (χ3n) is 3.26. The van der Waals surface area contributed by atoms with Crippen LogP contribution < -0.4 is 5.32 Å². The highest BCUT2D eigenvalue weighted by Crippen LogP contribution is 2.28. The van der Waals surface area contributed by atoms with E-state index in [2.05, 4.69) is 5.32 Å². The molecular formula is C15H17ClFNO. The molecule has 19 heavy (non-hydrogen) atoms. The Morgan fingerprint density at radius 1 is 1.37 bits per heavy atom. The highest BCUT2D eigenvalue weighted by molar-refractivity contribution is 6.31. The molecule has 0 aliphatic heterocycles. The van der Waals surface area contributed by atoms with E-state index < -0.39 is 0 Å². The van der Waals surface area contributed by atoms with Gasteiger partial charge in [-0.1, -0.05) is 23.7 Å². The van der Waals surface area contributed by atoms with E-state index in [-0.39, 0.29) is 16.9 Å². The van der Waals surface area contributed by atoms with E-state index in [1.54, 1.807) is 6.07 Å². The number of hydrogen-bond donors (Lipinski definition) is 1. The van der Waals surface area contributed by atoms with Crippen molar-refractivity contribution in [1.82, 2.24) is 5.32 Å². The summed E-state index contributed by atoms with van der Waals surface area (Å²) in [4.78, 5) is 0. The summed E-state index contributed by atoms with van der Waals surface area (Å²) in [5.74, 6) is 1.37. The van der Waals surface area contributed by atoms with Crippen LogP contribution in [0, 0.1) is 19.7 Å². The normalized spacial score (nSPS) is 12.7. The first kappa shape index (κ1) is 14.1. The second kappa shape index (κ2) is 5.76. The molecule has 1 aromatic heterocycles. The Labute approximate surface area is 117 Å². The predicted molar refractivity (Wildman–Crippen MR) is 75.1 cm³/mol. The minimum absolute atomic E-state index is 0.0525. The first-order valence-corrected chi connectivity index (χ1v) is 6.57. The minimum atomic E-state index is -0.380. The number of aryl methyl sites for hydroxylation is 2. The van der Waals surface area contributed by atoms with Gasteiger partial charge in [0.25, 0.3) is 0 Å². The maximum absolute atomic E-state index is 13.4. The minimum Gasteiger partial charge on any atom is -0.466 e. The summed E-state index contributed by atoms with van der Waals surface area (Å²) in [5, 5.41) is 3.42. The van der Waals surface area contributed by atoms with Crippen molar-refractivity contribution in [3.63, 3.8) is 0 Å². The molecule has 0 amide bonds. The summed E-state index contributed by atoms with van der Waals surface area (Å²) < 4.78 is 19.0. The van der Waals surface area contributed by atoms with Crippen LogP contribution >= 0.6 is 11.6 Å². The molecular weight excluding hydrogens is 265 g/mol. The average molecular weight is 282 g/mol. The van der Waals surface area contributed by atoms with Crippen LogP contribution in [0.5, 0.6) is 0 Å². The van der Waals surface area contributed by atoms with Crippen molar-refractivity contribution in [2.45, 2.75) is 26.3 Å². The van der Waals surface area contributed by atoms with Crippen molar-refractivity contribution in [3.05, 3.63) is 57.8 Å². The van der Waals surface area contributed by atoms with Gasteiger partial charge in [0.2, 0.25) is 0 Å². The number of benzene rings is 1.